The molecule has 1 aromatic heterocycles. The zero-order chi connectivity index (χ0) is 27.3. The van der Waals surface area contributed by atoms with Gasteiger partial charge in [0.1, 0.15) is 5.82 Å². The molecule has 8 heteroatoms. The molecule has 0 bridgehead atoms. The maximum absolute atomic E-state index is 15.0. The van der Waals surface area contributed by atoms with Crippen LogP contribution in [0, 0.1) is 18.2 Å². The van der Waals surface area contributed by atoms with E-state index in [1.165, 1.54) is 6.07 Å². The number of halogens is 1. The molecule has 7 nitrogen and oxygen atoms in total. The van der Waals surface area contributed by atoms with E-state index in [2.05, 4.69) is 22.5 Å². The van der Waals surface area contributed by atoms with E-state index in [0.717, 1.165) is 61.8 Å². The summed E-state index contributed by atoms with van der Waals surface area (Å²) in [5.74, 6) is -0.676. The standard InChI is InChI=1S/C31H37FN4O3/c1-19-14-35(10-9-33-19)15-23-16-36(17-31(18-37)7-8-31)30(39)25-6-3-21(11-27(23)25)26-12-22(13-28(32)20(26)2)29(38)34-24-4-5-24/h3,6,11-13,16,19,24,33,37H,4-5,7-10,14-15,17-18H2,1-2H3,(H,34,38)/t19-/m0/s1. The topological polar surface area (TPSA) is 86.6 Å². The van der Waals surface area contributed by atoms with Crippen LogP contribution in [-0.2, 0) is 13.1 Å². The van der Waals surface area contributed by atoms with Gasteiger partial charge in [-0.3, -0.25) is 14.5 Å². The summed E-state index contributed by atoms with van der Waals surface area (Å²) >= 11 is 0. The van der Waals surface area contributed by atoms with Gasteiger partial charge in [0.2, 0.25) is 0 Å². The lowest BCUT2D eigenvalue weighted by Gasteiger charge is -2.32. The van der Waals surface area contributed by atoms with Crippen molar-refractivity contribution in [1.82, 2.24) is 20.1 Å². The summed E-state index contributed by atoms with van der Waals surface area (Å²) in [5, 5.41) is 17.8. The zero-order valence-corrected chi connectivity index (χ0v) is 22.7. The number of piperazine rings is 1. The van der Waals surface area contributed by atoms with Crippen molar-refractivity contribution in [2.24, 2.45) is 5.41 Å². The molecule has 0 unspecified atom stereocenters. The normalized spacial score (nSPS) is 20.8. The molecule has 0 radical (unpaired) electrons. The first-order chi connectivity index (χ1) is 18.7. The van der Waals surface area contributed by atoms with Crippen molar-refractivity contribution in [3.8, 4) is 11.1 Å². The van der Waals surface area contributed by atoms with Crippen LogP contribution in [0.25, 0.3) is 21.9 Å². The minimum absolute atomic E-state index is 0.0748. The van der Waals surface area contributed by atoms with Gasteiger partial charge in [-0.25, -0.2) is 4.39 Å². The molecule has 2 heterocycles. The van der Waals surface area contributed by atoms with Crippen molar-refractivity contribution in [2.45, 2.75) is 64.7 Å². The Kier molecular flexibility index (Phi) is 6.81. The van der Waals surface area contributed by atoms with Crippen molar-refractivity contribution in [3.63, 3.8) is 0 Å². The number of hydrogen-bond donors (Lipinski definition) is 3. The molecule has 39 heavy (non-hydrogen) atoms. The van der Waals surface area contributed by atoms with Crippen molar-refractivity contribution < 1.29 is 14.3 Å². The van der Waals surface area contributed by atoms with E-state index >= 15 is 4.39 Å². The van der Waals surface area contributed by atoms with Gasteiger partial charge >= 0.3 is 0 Å². The van der Waals surface area contributed by atoms with Crippen LogP contribution < -0.4 is 16.2 Å². The number of fused-ring (bicyclic) bond motifs is 1. The van der Waals surface area contributed by atoms with E-state index < -0.39 is 5.82 Å². The van der Waals surface area contributed by atoms with Crippen LogP contribution >= 0.6 is 0 Å². The third kappa shape index (κ3) is 5.38. The number of aliphatic hydroxyl groups is 1. The summed E-state index contributed by atoms with van der Waals surface area (Å²) < 4.78 is 16.8. The lowest BCUT2D eigenvalue weighted by molar-refractivity contribution is 0.0950. The van der Waals surface area contributed by atoms with Gasteiger partial charge in [-0.15, -0.1) is 0 Å². The summed E-state index contributed by atoms with van der Waals surface area (Å²) in [4.78, 5) is 28.7. The Labute approximate surface area is 228 Å². The molecule has 3 aliphatic rings. The fourth-order valence-corrected chi connectivity index (χ4v) is 5.79. The van der Waals surface area contributed by atoms with Gasteiger partial charge in [0.25, 0.3) is 11.5 Å². The van der Waals surface area contributed by atoms with E-state index in [4.69, 9.17) is 0 Å². The van der Waals surface area contributed by atoms with Crippen LogP contribution in [0.1, 0.15) is 54.1 Å². The largest absolute Gasteiger partial charge is 0.396 e. The number of carbonyl (C=O) groups excluding carboxylic acids is 1. The number of benzene rings is 2. The molecule has 3 N–H and O–H groups in total. The summed E-state index contributed by atoms with van der Waals surface area (Å²) in [6.07, 6.45) is 5.73. The van der Waals surface area contributed by atoms with Gasteiger partial charge in [-0.05, 0) is 91.4 Å². The number of aliphatic hydroxyl groups excluding tert-OH is 1. The van der Waals surface area contributed by atoms with Crippen LogP contribution in [0.2, 0.25) is 0 Å². The van der Waals surface area contributed by atoms with Gasteiger partial charge in [0.05, 0.1) is 6.61 Å². The van der Waals surface area contributed by atoms with E-state index in [1.807, 2.05) is 24.4 Å². The van der Waals surface area contributed by atoms with E-state index in [0.29, 0.717) is 41.2 Å². The fraction of sp³-hybridized carbons (Fsp3) is 0.484. The van der Waals surface area contributed by atoms with Crippen LogP contribution in [0.4, 0.5) is 4.39 Å². The minimum atomic E-state index is -0.419. The molecule has 1 saturated heterocycles. The highest BCUT2D eigenvalue weighted by atomic mass is 19.1. The summed E-state index contributed by atoms with van der Waals surface area (Å²) in [5.41, 5.74) is 2.98. The summed E-state index contributed by atoms with van der Waals surface area (Å²) in [6, 6.07) is 9.30. The number of rotatable bonds is 8. The van der Waals surface area contributed by atoms with E-state index in [1.54, 1.807) is 17.6 Å². The fourth-order valence-electron chi connectivity index (χ4n) is 5.79. The Morgan fingerprint density at radius 3 is 2.69 bits per heavy atom. The first-order valence-corrected chi connectivity index (χ1v) is 14.1. The third-order valence-electron chi connectivity index (χ3n) is 8.64. The molecule has 2 aromatic carbocycles. The second kappa shape index (κ2) is 10.2. The number of hydrogen-bond acceptors (Lipinski definition) is 5. The second-order valence-corrected chi connectivity index (χ2v) is 12.0. The van der Waals surface area contributed by atoms with E-state index in [-0.39, 0.29) is 29.5 Å². The molecular formula is C31H37FN4O3. The monoisotopic (exact) mass is 532 g/mol. The average molecular weight is 533 g/mol. The molecule has 1 atom stereocenters. The highest BCUT2D eigenvalue weighted by Crippen LogP contribution is 2.46. The van der Waals surface area contributed by atoms with Gasteiger partial charge in [-0.2, -0.15) is 0 Å². The number of nitrogens with zero attached hydrogens (tertiary/aromatic N) is 2. The first-order valence-electron chi connectivity index (χ1n) is 14.1. The van der Waals surface area contributed by atoms with Crippen molar-refractivity contribution in [3.05, 3.63) is 69.4 Å². The molecule has 2 aliphatic carbocycles. The number of amides is 1. The molecule has 6 rings (SSSR count). The Morgan fingerprint density at radius 1 is 1.21 bits per heavy atom. The maximum Gasteiger partial charge on any atom is 0.258 e. The van der Waals surface area contributed by atoms with Gasteiger partial charge < -0.3 is 20.3 Å². The van der Waals surface area contributed by atoms with Crippen LogP contribution in [0.5, 0.6) is 0 Å². The molecule has 0 spiro atoms. The molecular weight excluding hydrogens is 495 g/mol. The number of nitrogens with one attached hydrogen (secondary N) is 2. The Hall–Kier alpha value is -3.07. The number of carbonyl (C=O) groups is 1. The van der Waals surface area contributed by atoms with Crippen molar-refractivity contribution >= 4 is 16.7 Å². The number of pyridine rings is 1. The van der Waals surface area contributed by atoms with E-state index in [9.17, 15) is 14.7 Å². The average Bonchev–Trinajstić information content (AvgIpc) is 3.86. The quantitative estimate of drug-likeness (QED) is 0.413. The Bertz CT molecular complexity index is 1490. The predicted octanol–water partition coefficient (Wildman–Crippen LogP) is 3.57. The van der Waals surface area contributed by atoms with Crippen LogP contribution in [-0.4, -0.2) is 58.8 Å². The Balaban J connectivity index is 1.44. The zero-order valence-electron chi connectivity index (χ0n) is 22.7. The predicted molar refractivity (Wildman–Crippen MR) is 150 cm³/mol. The Morgan fingerprint density at radius 2 is 2.00 bits per heavy atom. The molecule has 2 saturated carbocycles. The molecule has 1 aliphatic heterocycles. The van der Waals surface area contributed by atoms with Crippen molar-refractivity contribution in [2.75, 3.05) is 26.2 Å². The SMILES string of the molecule is Cc1c(F)cc(C(=O)NC2CC2)cc1-c1ccc2c(=O)n(CC3(CO)CC3)cc(CN3CCN[C@@H](C)C3)c2c1. The minimum Gasteiger partial charge on any atom is -0.396 e. The molecule has 206 valence electrons. The highest BCUT2D eigenvalue weighted by molar-refractivity contribution is 5.97. The molecule has 3 fully saturated rings. The van der Waals surface area contributed by atoms with Crippen LogP contribution in [0.3, 0.4) is 0 Å². The van der Waals surface area contributed by atoms with Crippen LogP contribution in [0.15, 0.2) is 41.3 Å². The smallest absolute Gasteiger partial charge is 0.258 e. The third-order valence-corrected chi connectivity index (χ3v) is 8.64. The first kappa shape index (κ1) is 26.2. The van der Waals surface area contributed by atoms with Gasteiger partial charge in [-0.1, -0.05) is 6.07 Å². The molecule has 1 amide bonds. The maximum atomic E-state index is 15.0. The summed E-state index contributed by atoms with van der Waals surface area (Å²) in [7, 11) is 0. The van der Waals surface area contributed by atoms with Gasteiger partial charge in [0.15, 0.2) is 0 Å². The number of aromatic nitrogens is 1. The second-order valence-electron chi connectivity index (χ2n) is 12.0. The van der Waals surface area contributed by atoms with Gasteiger partial charge in [0, 0.05) is 67.4 Å². The highest BCUT2D eigenvalue weighted by Gasteiger charge is 2.42. The van der Waals surface area contributed by atoms with Crippen molar-refractivity contribution in [1.29, 1.82) is 0 Å². The lowest BCUT2D eigenvalue weighted by atomic mass is 9.94. The lowest BCUT2D eigenvalue weighted by Crippen LogP contribution is -2.48. The molecule has 3 aromatic rings. The summed E-state index contributed by atoms with van der Waals surface area (Å²) in [6.45, 7) is 7.90.